The molecular weight excluding hydrogens is 212 g/mol. The minimum absolute atomic E-state index is 0.385. The molecule has 0 amide bonds. The molecule has 1 rings (SSSR count). The van der Waals surface area contributed by atoms with Gasteiger partial charge in [-0.25, -0.2) is 9.59 Å². The Morgan fingerprint density at radius 3 is 1.44 bits per heavy atom. The monoisotopic (exact) mass is 216 g/mol. The first kappa shape index (κ1) is 11.2. The van der Waals surface area contributed by atoms with Gasteiger partial charge < -0.3 is 10.2 Å². The number of carboxylic acid groups (broad SMARTS) is 2. The molecule has 0 atom stereocenters. The molecule has 0 spiro atoms. The van der Waals surface area contributed by atoms with Crippen LogP contribution < -0.4 is 0 Å². The van der Waals surface area contributed by atoms with E-state index in [2.05, 4.69) is 0 Å². The van der Waals surface area contributed by atoms with E-state index in [0.29, 0.717) is 0 Å². The highest BCUT2D eigenvalue weighted by atomic mass is 16.4. The first-order chi connectivity index (χ1) is 7.52. The van der Waals surface area contributed by atoms with Crippen LogP contribution in [0, 0.1) is 22.7 Å². The van der Waals surface area contributed by atoms with Gasteiger partial charge in [0.2, 0.25) is 0 Å². The highest BCUT2D eigenvalue weighted by Gasteiger charge is 2.20. The first-order valence-corrected chi connectivity index (χ1v) is 3.96. The third-order valence-corrected chi connectivity index (χ3v) is 1.89. The van der Waals surface area contributed by atoms with Gasteiger partial charge in [-0.3, -0.25) is 0 Å². The molecular formula is C10H4N2O4. The lowest BCUT2D eigenvalue weighted by Gasteiger charge is -2.03. The number of hydrogen-bond acceptors (Lipinski definition) is 4. The zero-order chi connectivity index (χ0) is 12.3. The van der Waals surface area contributed by atoms with Crippen LogP contribution in [0.4, 0.5) is 0 Å². The molecule has 6 nitrogen and oxygen atoms in total. The summed E-state index contributed by atoms with van der Waals surface area (Å²) in [5.74, 6) is -2.77. The predicted octanol–water partition coefficient (Wildman–Crippen LogP) is 0.826. The molecule has 1 aromatic carbocycles. The van der Waals surface area contributed by atoms with E-state index >= 15 is 0 Å². The van der Waals surface area contributed by atoms with E-state index in [1.54, 1.807) is 0 Å². The Hall–Kier alpha value is -2.86. The summed E-state index contributed by atoms with van der Waals surface area (Å²) in [6.07, 6.45) is 0. The van der Waals surface area contributed by atoms with Crippen molar-refractivity contribution in [2.24, 2.45) is 0 Å². The Morgan fingerprint density at radius 2 is 1.25 bits per heavy atom. The van der Waals surface area contributed by atoms with Crippen LogP contribution in [-0.2, 0) is 0 Å². The normalized spacial score (nSPS) is 8.88. The lowest BCUT2D eigenvalue weighted by molar-refractivity contribution is 0.0680. The fourth-order valence-corrected chi connectivity index (χ4v) is 1.19. The van der Waals surface area contributed by atoms with Crippen molar-refractivity contribution in [1.29, 1.82) is 10.5 Å². The standard InChI is InChI=1S/C10H4N2O4/c11-3-7-5(9(13)14)1-2-6(10(15)16)8(7)4-12/h1-2H,(H,13,14)(H,15,16). The second-order valence-electron chi connectivity index (χ2n) is 2.74. The maximum Gasteiger partial charge on any atom is 0.337 e. The summed E-state index contributed by atoms with van der Waals surface area (Å²) in [6, 6.07) is 5.03. The average Bonchev–Trinajstić information content (AvgIpc) is 2.26. The zero-order valence-electron chi connectivity index (χ0n) is 7.76. The predicted molar refractivity (Wildman–Crippen MR) is 49.8 cm³/mol. The summed E-state index contributed by atoms with van der Waals surface area (Å²) in [6.45, 7) is 0. The van der Waals surface area contributed by atoms with Gasteiger partial charge in [0.15, 0.2) is 0 Å². The molecule has 0 heterocycles. The lowest BCUT2D eigenvalue weighted by atomic mass is 9.97. The van der Waals surface area contributed by atoms with Gasteiger partial charge in [-0.05, 0) is 12.1 Å². The molecule has 0 unspecified atom stereocenters. The van der Waals surface area contributed by atoms with Crippen molar-refractivity contribution in [2.75, 3.05) is 0 Å². The van der Waals surface area contributed by atoms with Gasteiger partial charge in [-0.2, -0.15) is 10.5 Å². The molecule has 0 aliphatic carbocycles. The molecule has 0 fully saturated rings. The summed E-state index contributed by atoms with van der Waals surface area (Å²) in [5, 5.41) is 34.9. The fraction of sp³-hybridized carbons (Fsp3) is 0. The Morgan fingerprint density at radius 1 is 0.938 bits per heavy atom. The van der Waals surface area contributed by atoms with Crippen molar-refractivity contribution in [3.8, 4) is 12.1 Å². The molecule has 2 N–H and O–H groups in total. The van der Waals surface area contributed by atoms with Gasteiger partial charge in [0, 0.05) is 0 Å². The smallest absolute Gasteiger partial charge is 0.337 e. The van der Waals surface area contributed by atoms with Crippen LogP contribution in [-0.4, -0.2) is 22.2 Å². The van der Waals surface area contributed by atoms with Crippen molar-refractivity contribution in [3.05, 3.63) is 34.4 Å². The number of benzene rings is 1. The quantitative estimate of drug-likeness (QED) is 0.754. The second kappa shape index (κ2) is 4.11. The van der Waals surface area contributed by atoms with Crippen LogP contribution >= 0.6 is 0 Å². The van der Waals surface area contributed by atoms with Crippen molar-refractivity contribution in [3.63, 3.8) is 0 Å². The third-order valence-electron chi connectivity index (χ3n) is 1.89. The summed E-state index contributed by atoms with van der Waals surface area (Å²) in [7, 11) is 0. The molecule has 78 valence electrons. The van der Waals surface area contributed by atoms with Crippen molar-refractivity contribution in [1.82, 2.24) is 0 Å². The van der Waals surface area contributed by atoms with Crippen LogP contribution in [0.1, 0.15) is 31.8 Å². The minimum Gasteiger partial charge on any atom is -0.478 e. The maximum atomic E-state index is 10.7. The van der Waals surface area contributed by atoms with E-state index in [0.717, 1.165) is 12.1 Å². The third kappa shape index (κ3) is 1.68. The molecule has 0 bridgehead atoms. The number of aromatic carboxylic acids is 2. The Bertz CT molecular complexity index is 512. The molecule has 0 aliphatic rings. The Balaban J connectivity index is 3.69. The van der Waals surface area contributed by atoms with Gasteiger partial charge in [0.05, 0.1) is 22.3 Å². The van der Waals surface area contributed by atoms with E-state index < -0.39 is 23.1 Å². The first-order valence-electron chi connectivity index (χ1n) is 3.96. The summed E-state index contributed by atoms with van der Waals surface area (Å²) in [4.78, 5) is 21.4. The van der Waals surface area contributed by atoms with Gasteiger partial charge >= 0.3 is 11.9 Å². The van der Waals surface area contributed by atoms with Gasteiger partial charge in [0.25, 0.3) is 0 Å². The molecule has 1 aromatic rings. The molecule has 0 saturated carbocycles. The average molecular weight is 216 g/mol. The highest BCUT2D eigenvalue weighted by Crippen LogP contribution is 2.18. The molecule has 0 aliphatic heterocycles. The second-order valence-corrected chi connectivity index (χ2v) is 2.74. The van der Waals surface area contributed by atoms with E-state index in [-0.39, 0.29) is 11.1 Å². The van der Waals surface area contributed by atoms with E-state index in [4.69, 9.17) is 20.7 Å². The lowest BCUT2D eigenvalue weighted by Crippen LogP contribution is -2.08. The minimum atomic E-state index is -1.38. The fourth-order valence-electron chi connectivity index (χ4n) is 1.19. The van der Waals surface area contributed by atoms with Crippen LogP contribution in [0.2, 0.25) is 0 Å². The molecule has 16 heavy (non-hydrogen) atoms. The number of nitriles is 2. The van der Waals surface area contributed by atoms with E-state index in [1.807, 2.05) is 0 Å². The van der Waals surface area contributed by atoms with Crippen LogP contribution in [0.5, 0.6) is 0 Å². The van der Waals surface area contributed by atoms with E-state index in [9.17, 15) is 9.59 Å². The summed E-state index contributed by atoms with van der Waals surface area (Å²) >= 11 is 0. The topological polar surface area (TPSA) is 122 Å². The maximum absolute atomic E-state index is 10.7. The molecule has 0 saturated heterocycles. The molecule has 6 heteroatoms. The van der Waals surface area contributed by atoms with Crippen LogP contribution in [0.3, 0.4) is 0 Å². The van der Waals surface area contributed by atoms with Crippen molar-refractivity contribution in [2.45, 2.75) is 0 Å². The van der Waals surface area contributed by atoms with Gasteiger partial charge in [-0.1, -0.05) is 0 Å². The summed E-state index contributed by atoms with van der Waals surface area (Å²) < 4.78 is 0. The summed E-state index contributed by atoms with van der Waals surface area (Å²) in [5.41, 5.74) is -1.64. The van der Waals surface area contributed by atoms with Gasteiger partial charge in [-0.15, -0.1) is 0 Å². The Labute approximate surface area is 89.6 Å². The van der Waals surface area contributed by atoms with Gasteiger partial charge in [0.1, 0.15) is 12.1 Å². The van der Waals surface area contributed by atoms with Crippen LogP contribution in [0.15, 0.2) is 12.1 Å². The molecule has 0 aromatic heterocycles. The van der Waals surface area contributed by atoms with Crippen molar-refractivity contribution >= 4 is 11.9 Å². The molecule has 0 radical (unpaired) electrons. The number of carboxylic acids is 2. The Kier molecular flexibility index (Phi) is 2.88. The van der Waals surface area contributed by atoms with Crippen LogP contribution in [0.25, 0.3) is 0 Å². The largest absolute Gasteiger partial charge is 0.478 e. The zero-order valence-corrected chi connectivity index (χ0v) is 7.76. The number of hydrogen-bond donors (Lipinski definition) is 2. The van der Waals surface area contributed by atoms with E-state index in [1.165, 1.54) is 12.1 Å². The highest BCUT2D eigenvalue weighted by molar-refractivity contribution is 5.97. The SMILES string of the molecule is N#Cc1c(C(=O)O)ccc(C(=O)O)c1C#N. The number of nitrogens with zero attached hydrogens (tertiary/aromatic N) is 2. The number of rotatable bonds is 2. The number of carbonyl (C=O) groups is 2. The van der Waals surface area contributed by atoms with Crippen molar-refractivity contribution < 1.29 is 19.8 Å².